The maximum atomic E-state index is 12.1. The van der Waals surface area contributed by atoms with Crippen LogP contribution in [0.2, 0.25) is 0 Å². The number of carbonyl (C=O) groups is 2. The van der Waals surface area contributed by atoms with E-state index in [-0.39, 0.29) is 23.4 Å². The van der Waals surface area contributed by atoms with Gasteiger partial charge in [-0.3, -0.25) is 9.59 Å². The van der Waals surface area contributed by atoms with E-state index in [0.29, 0.717) is 12.3 Å². The molecule has 0 aliphatic carbocycles. The van der Waals surface area contributed by atoms with Crippen molar-refractivity contribution in [3.05, 3.63) is 41.2 Å². The third-order valence-corrected chi connectivity index (χ3v) is 4.50. The van der Waals surface area contributed by atoms with Crippen LogP contribution in [0.1, 0.15) is 23.9 Å². The van der Waals surface area contributed by atoms with Crippen LogP contribution in [0.15, 0.2) is 24.3 Å². The van der Waals surface area contributed by atoms with Crippen molar-refractivity contribution in [1.29, 1.82) is 0 Å². The Hall–Kier alpha value is -2.28. The number of hydrogen-bond donors (Lipinski definition) is 1. The highest BCUT2D eigenvalue weighted by Gasteiger charge is 2.15. The fourth-order valence-electron chi connectivity index (χ4n) is 2.37. The number of rotatable bonds is 7. The van der Waals surface area contributed by atoms with Gasteiger partial charge in [0.1, 0.15) is 0 Å². The number of amides is 1. The van der Waals surface area contributed by atoms with E-state index in [1.165, 1.54) is 17.3 Å². The summed E-state index contributed by atoms with van der Waals surface area (Å²) in [6.45, 7) is 7.92. The number of nitrogens with zero attached hydrogens (tertiary/aromatic N) is 2. The van der Waals surface area contributed by atoms with Crippen molar-refractivity contribution in [1.82, 2.24) is 9.78 Å². The molecule has 0 fully saturated rings. The smallest absolute Gasteiger partial charge is 0.315 e. The minimum absolute atomic E-state index is 0.163. The lowest BCUT2D eigenvalue weighted by Crippen LogP contribution is -2.17. The molecular formula is C18H23N3O3S. The Kier molecular flexibility index (Phi) is 6.64. The van der Waals surface area contributed by atoms with Gasteiger partial charge in [0.2, 0.25) is 5.91 Å². The van der Waals surface area contributed by atoms with Gasteiger partial charge in [-0.25, -0.2) is 4.68 Å². The van der Waals surface area contributed by atoms with Crippen LogP contribution in [0, 0.1) is 20.8 Å². The first-order valence-corrected chi connectivity index (χ1v) is 9.24. The predicted octanol–water partition coefficient (Wildman–Crippen LogP) is 3.03. The Labute approximate surface area is 151 Å². The van der Waals surface area contributed by atoms with Crippen LogP contribution in [-0.4, -0.2) is 39.8 Å². The van der Waals surface area contributed by atoms with Gasteiger partial charge in [0.05, 0.1) is 40.9 Å². The standard InChI is InChI=1S/C18H23N3O3S/c1-5-24-17(23)11-25-10-16(22)19-18-13(3)20-21(14(18)4)15-8-6-12(2)7-9-15/h6-9H,5,10-11H2,1-4H3,(H,19,22). The Morgan fingerprint density at radius 1 is 1.16 bits per heavy atom. The van der Waals surface area contributed by atoms with Gasteiger partial charge in [-0.05, 0) is 39.8 Å². The first kappa shape index (κ1) is 19.1. The van der Waals surface area contributed by atoms with Gasteiger partial charge in [0.25, 0.3) is 0 Å². The first-order chi connectivity index (χ1) is 11.9. The van der Waals surface area contributed by atoms with Crippen molar-refractivity contribution in [3.63, 3.8) is 0 Å². The van der Waals surface area contributed by atoms with Gasteiger partial charge < -0.3 is 10.1 Å². The highest BCUT2D eigenvalue weighted by Crippen LogP contribution is 2.23. The molecule has 0 radical (unpaired) electrons. The monoisotopic (exact) mass is 361 g/mol. The average molecular weight is 361 g/mol. The maximum absolute atomic E-state index is 12.1. The average Bonchev–Trinajstić information content (AvgIpc) is 2.84. The summed E-state index contributed by atoms with van der Waals surface area (Å²) >= 11 is 1.23. The lowest BCUT2D eigenvalue weighted by Gasteiger charge is -2.07. The summed E-state index contributed by atoms with van der Waals surface area (Å²) in [7, 11) is 0. The van der Waals surface area contributed by atoms with Gasteiger partial charge >= 0.3 is 5.97 Å². The second-order valence-corrected chi connectivity index (χ2v) is 6.62. The van der Waals surface area contributed by atoms with E-state index in [4.69, 9.17) is 4.74 Å². The normalized spacial score (nSPS) is 10.6. The van der Waals surface area contributed by atoms with Gasteiger partial charge in [0.15, 0.2) is 0 Å². The number of anilines is 1. The molecule has 2 rings (SSSR count). The van der Waals surface area contributed by atoms with Crippen LogP contribution in [0.25, 0.3) is 5.69 Å². The maximum Gasteiger partial charge on any atom is 0.315 e. The zero-order valence-corrected chi connectivity index (χ0v) is 15.8. The Bertz CT molecular complexity index is 754. The van der Waals surface area contributed by atoms with Crippen molar-refractivity contribution in [2.45, 2.75) is 27.7 Å². The molecule has 7 heteroatoms. The third kappa shape index (κ3) is 5.09. The van der Waals surface area contributed by atoms with E-state index in [9.17, 15) is 9.59 Å². The number of aryl methyl sites for hydroxylation is 2. The number of hydrogen-bond acceptors (Lipinski definition) is 5. The summed E-state index contributed by atoms with van der Waals surface area (Å²) in [5.74, 6) is -0.112. The second kappa shape index (κ2) is 8.71. The summed E-state index contributed by atoms with van der Waals surface area (Å²) in [5.41, 5.74) is 4.45. The van der Waals surface area contributed by atoms with E-state index in [2.05, 4.69) is 10.4 Å². The number of ether oxygens (including phenoxy) is 1. The molecular weight excluding hydrogens is 338 g/mol. The summed E-state index contributed by atoms with van der Waals surface area (Å²) in [4.78, 5) is 23.4. The molecule has 1 aromatic carbocycles. The van der Waals surface area contributed by atoms with Crippen molar-refractivity contribution in [3.8, 4) is 5.69 Å². The van der Waals surface area contributed by atoms with Gasteiger partial charge in [0, 0.05) is 0 Å². The molecule has 1 amide bonds. The second-order valence-electron chi connectivity index (χ2n) is 5.64. The number of aromatic nitrogens is 2. The fraction of sp³-hybridized carbons (Fsp3) is 0.389. The van der Waals surface area contributed by atoms with Gasteiger partial charge in [-0.15, -0.1) is 11.8 Å². The van der Waals surface area contributed by atoms with Crippen LogP contribution < -0.4 is 5.32 Å². The van der Waals surface area contributed by atoms with Crippen molar-refractivity contribution in [2.75, 3.05) is 23.4 Å². The molecule has 0 unspecified atom stereocenters. The number of benzene rings is 1. The Balaban J connectivity index is 2.01. The van der Waals surface area contributed by atoms with Crippen LogP contribution in [0.4, 0.5) is 5.69 Å². The molecule has 1 heterocycles. The molecule has 1 N–H and O–H groups in total. The highest BCUT2D eigenvalue weighted by molar-refractivity contribution is 8.00. The molecule has 0 aliphatic heterocycles. The number of nitrogens with one attached hydrogen (secondary N) is 1. The van der Waals surface area contributed by atoms with Gasteiger partial charge in [-0.2, -0.15) is 5.10 Å². The molecule has 0 saturated heterocycles. The summed E-state index contributed by atoms with van der Waals surface area (Å²) in [6, 6.07) is 8.04. The topological polar surface area (TPSA) is 73.2 Å². The lowest BCUT2D eigenvalue weighted by molar-refractivity contribution is -0.139. The van der Waals surface area contributed by atoms with Crippen LogP contribution in [0.3, 0.4) is 0 Å². The number of carbonyl (C=O) groups excluding carboxylic acids is 2. The first-order valence-electron chi connectivity index (χ1n) is 8.08. The Morgan fingerprint density at radius 2 is 1.84 bits per heavy atom. The molecule has 6 nitrogen and oxygen atoms in total. The van der Waals surface area contributed by atoms with Crippen molar-refractivity contribution in [2.24, 2.45) is 0 Å². The molecule has 0 spiro atoms. The molecule has 0 atom stereocenters. The molecule has 134 valence electrons. The summed E-state index contributed by atoms with van der Waals surface area (Å²) < 4.78 is 6.65. The Morgan fingerprint density at radius 3 is 2.48 bits per heavy atom. The lowest BCUT2D eigenvalue weighted by atomic mass is 10.2. The quantitative estimate of drug-likeness (QED) is 0.768. The minimum atomic E-state index is -0.306. The molecule has 1 aromatic heterocycles. The molecule has 0 bridgehead atoms. The zero-order valence-electron chi connectivity index (χ0n) is 15.0. The van der Waals surface area contributed by atoms with E-state index < -0.39 is 0 Å². The largest absolute Gasteiger partial charge is 0.465 e. The minimum Gasteiger partial charge on any atom is -0.465 e. The van der Waals surface area contributed by atoms with Crippen molar-refractivity contribution < 1.29 is 14.3 Å². The fourth-order valence-corrected chi connectivity index (χ4v) is 2.98. The van der Waals surface area contributed by atoms with Crippen LogP contribution >= 0.6 is 11.8 Å². The van der Waals surface area contributed by atoms with Crippen LogP contribution in [0.5, 0.6) is 0 Å². The third-order valence-electron chi connectivity index (χ3n) is 3.59. The SMILES string of the molecule is CCOC(=O)CSCC(=O)Nc1c(C)nn(-c2ccc(C)cc2)c1C. The molecule has 0 saturated carbocycles. The zero-order chi connectivity index (χ0) is 18.4. The van der Waals surface area contributed by atoms with Crippen LogP contribution in [-0.2, 0) is 14.3 Å². The molecule has 0 aliphatic rings. The number of esters is 1. The van der Waals surface area contributed by atoms with E-state index in [1.807, 2.05) is 49.7 Å². The highest BCUT2D eigenvalue weighted by atomic mass is 32.2. The van der Waals surface area contributed by atoms with Crippen molar-refractivity contribution >= 4 is 29.3 Å². The van der Waals surface area contributed by atoms with E-state index in [0.717, 1.165) is 17.1 Å². The number of thioether (sulfide) groups is 1. The van der Waals surface area contributed by atoms with E-state index >= 15 is 0 Å². The predicted molar refractivity (Wildman–Crippen MR) is 100 cm³/mol. The van der Waals surface area contributed by atoms with E-state index in [1.54, 1.807) is 6.92 Å². The molecule has 25 heavy (non-hydrogen) atoms. The molecule has 2 aromatic rings. The summed E-state index contributed by atoms with van der Waals surface area (Å²) in [6.07, 6.45) is 0. The van der Waals surface area contributed by atoms with Gasteiger partial charge in [-0.1, -0.05) is 17.7 Å². The summed E-state index contributed by atoms with van der Waals surface area (Å²) in [5, 5.41) is 7.41.